The van der Waals surface area contributed by atoms with Gasteiger partial charge in [0.05, 0.1) is 0 Å². The second kappa shape index (κ2) is 6.76. The second-order valence-corrected chi connectivity index (χ2v) is 5.95. The number of rotatable bonds is 3. The first-order valence-corrected chi connectivity index (χ1v) is 7.83. The zero-order valence-corrected chi connectivity index (χ0v) is 13.3. The fourth-order valence-corrected chi connectivity index (χ4v) is 2.83. The minimum atomic E-state index is -4.73. The van der Waals surface area contributed by atoms with Crippen molar-refractivity contribution in [2.75, 3.05) is 13.1 Å². The first kappa shape index (κ1) is 17.3. The van der Waals surface area contributed by atoms with Gasteiger partial charge in [0.2, 0.25) is 0 Å². The van der Waals surface area contributed by atoms with Crippen LogP contribution in [0, 0.1) is 0 Å². The van der Waals surface area contributed by atoms with Crippen LogP contribution in [0.2, 0.25) is 0 Å². The van der Waals surface area contributed by atoms with E-state index < -0.39 is 6.36 Å². The number of benzene rings is 2. The third-order valence-corrected chi connectivity index (χ3v) is 4.04. The summed E-state index contributed by atoms with van der Waals surface area (Å²) in [5.74, 6) is -0.370. The monoisotopic (exact) mass is 350 g/mol. The van der Waals surface area contributed by atoms with Gasteiger partial charge in [-0.15, -0.1) is 13.2 Å². The Bertz CT molecular complexity index is 760. The topological polar surface area (TPSA) is 55.6 Å². The van der Waals surface area contributed by atoms with Gasteiger partial charge in [0.25, 0.3) is 5.91 Å². The minimum Gasteiger partial charge on any atom is -0.406 e. The molecule has 0 spiro atoms. The molecule has 2 N–H and O–H groups in total. The van der Waals surface area contributed by atoms with Crippen molar-refractivity contribution in [3.05, 3.63) is 54.1 Å². The zero-order valence-electron chi connectivity index (χ0n) is 13.3. The Hall–Kier alpha value is -2.54. The summed E-state index contributed by atoms with van der Waals surface area (Å²) < 4.78 is 40.9. The fraction of sp³-hybridized carbons (Fsp3) is 0.278. The third-order valence-electron chi connectivity index (χ3n) is 4.04. The first-order chi connectivity index (χ1) is 11.8. The van der Waals surface area contributed by atoms with Crippen LogP contribution in [-0.2, 0) is 0 Å². The van der Waals surface area contributed by atoms with Crippen LogP contribution in [0.5, 0.6) is 5.75 Å². The number of halogens is 3. The van der Waals surface area contributed by atoms with E-state index in [1.54, 1.807) is 35.2 Å². The standard InChI is InChI=1S/C18H17F3N2O2/c19-18(20,21)25-16-3-1-2-14(10-16)12-4-6-13(7-5-12)17(24)23-9-8-15(22)11-23/h1-7,10,15H,8-9,11,22H2. The SMILES string of the molecule is NC1CCN(C(=O)c2ccc(-c3cccc(OC(F)(F)F)c3)cc2)C1. The molecule has 1 saturated heterocycles. The molecule has 4 nitrogen and oxygen atoms in total. The molecular weight excluding hydrogens is 333 g/mol. The second-order valence-electron chi connectivity index (χ2n) is 5.95. The highest BCUT2D eigenvalue weighted by molar-refractivity contribution is 5.95. The molecule has 1 fully saturated rings. The van der Waals surface area contributed by atoms with Gasteiger partial charge in [-0.2, -0.15) is 0 Å². The van der Waals surface area contributed by atoms with Crippen molar-refractivity contribution in [2.24, 2.45) is 5.73 Å². The molecule has 1 amide bonds. The molecule has 0 bridgehead atoms. The van der Waals surface area contributed by atoms with E-state index in [1.807, 2.05) is 0 Å². The van der Waals surface area contributed by atoms with Crippen LogP contribution in [-0.4, -0.2) is 36.3 Å². The largest absolute Gasteiger partial charge is 0.573 e. The number of hydrogen-bond acceptors (Lipinski definition) is 3. The predicted octanol–water partition coefficient (Wildman–Crippen LogP) is 3.43. The number of ether oxygens (including phenoxy) is 1. The predicted molar refractivity (Wildman–Crippen MR) is 87.1 cm³/mol. The molecule has 0 saturated carbocycles. The van der Waals surface area contributed by atoms with Crippen LogP contribution in [0.4, 0.5) is 13.2 Å². The van der Waals surface area contributed by atoms with Crippen LogP contribution < -0.4 is 10.5 Å². The summed E-state index contributed by atoms with van der Waals surface area (Å²) in [7, 11) is 0. The van der Waals surface area contributed by atoms with E-state index in [9.17, 15) is 18.0 Å². The molecule has 3 rings (SSSR count). The summed E-state index contributed by atoms with van der Waals surface area (Å²) >= 11 is 0. The van der Waals surface area contributed by atoms with E-state index in [-0.39, 0.29) is 17.7 Å². The van der Waals surface area contributed by atoms with Crippen molar-refractivity contribution in [1.29, 1.82) is 0 Å². The van der Waals surface area contributed by atoms with Gasteiger partial charge in [0.15, 0.2) is 0 Å². The highest BCUT2D eigenvalue weighted by atomic mass is 19.4. The Labute approximate surface area is 143 Å². The van der Waals surface area contributed by atoms with Crippen LogP contribution in [0.3, 0.4) is 0 Å². The molecular formula is C18H17F3N2O2. The summed E-state index contributed by atoms with van der Waals surface area (Å²) in [4.78, 5) is 14.1. The Kier molecular flexibility index (Phi) is 4.67. The maximum absolute atomic E-state index is 12.4. The lowest BCUT2D eigenvalue weighted by molar-refractivity contribution is -0.274. The maximum atomic E-state index is 12.4. The molecule has 0 radical (unpaired) electrons. The van der Waals surface area contributed by atoms with Gasteiger partial charge in [-0.1, -0.05) is 24.3 Å². The smallest absolute Gasteiger partial charge is 0.406 e. The summed E-state index contributed by atoms with van der Waals surface area (Å²) in [6.45, 7) is 1.18. The number of likely N-dealkylation sites (tertiary alicyclic amines) is 1. The number of nitrogens with two attached hydrogens (primary N) is 1. The Morgan fingerprint density at radius 2 is 1.84 bits per heavy atom. The van der Waals surface area contributed by atoms with Crippen molar-refractivity contribution in [3.63, 3.8) is 0 Å². The Balaban J connectivity index is 1.76. The minimum absolute atomic E-state index is 0.0135. The number of hydrogen-bond donors (Lipinski definition) is 1. The number of carbonyl (C=O) groups is 1. The molecule has 132 valence electrons. The van der Waals surface area contributed by atoms with Gasteiger partial charge in [0.1, 0.15) is 5.75 Å². The van der Waals surface area contributed by atoms with Gasteiger partial charge < -0.3 is 15.4 Å². The van der Waals surface area contributed by atoms with Crippen LogP contribution in [0.1, 0.15) is 16.8 Å². The quantitative estimate of drug-likeness (QED) is 0.923. The molecule has 7 heteroatoms. The highest BCUT2D eigenvalue weighted by Crippen LogP contribution is 2.28. The molecule has 1 unspecified atom stereocenters. The Morgan fingerprint density at radius 3 is 2.44 bits per heavy atom. The van der Waals surface area contributed by atoms with E-state index in [0.29, 0.717) is 29.8 Å². The lowest BCUT2D eigenvalue weighted by Gasteiger charge is -2.16. The van der Waals surface area contributed by atoms with Crippen molar-refractivity contribution in [1.82, 2.24) is 4.90 Å². The summed E-state index contributed by atoms with van der Waals surface area (Å²) in [5, 5.41) is 0. The van der Waals surface area contributed by atoms with Gasteiger partial charge in [-0.25, -0.2) is 0 Å². The van der Waals surface area contributed by atoms with Crippen LogP contribution in [0.25, 0.3) is 11.1 Å². The molecule has 1 heterocycles. The van der Waals surface area contributed by atoms with Gasteiger partial charge >= 0.3 is 6.36 Å². The van der Waals surface area contributed by atoms with Crippen LogP contribution in [0.15, 0.2) is 48.5 Å². The van der Waals surface area contributed by atoms with E-state index >= 15 is 0 Å². The van der Waals surface area contributed by atoms with E-state index in [1.165, 1.54) is 18.2 Å². The molecule has 0 aromatic heterocycles. The number of nitrogens with zero attached hydrogens (tertiary/aromatic N) is 1. The molecule has 2 aromatic rings. The Morgan fingerprint density at radius 1 is 1.12 bits per heavy atom. The van der Waals surface area contributed by atoms with E-state index in [2.05, 4.69) is 4.74 Å². The van der Waals surface area contributed by atoms with Crippen molar-refractivity contribution >= 4 is 5.91 Å². The summed E-state index contributed by atoms with van der Waals surface area (Å²) in [5.41, 5.74) is 7.61. The van der Waals surface area contributed by atoms with E-state index in [0.717, 1.165) is 6.42 Å². The molecule has 1 atom stereocenters. The summed E-state index contributed by atoms with van der Waals surface area (Å²) in [6, 6.07) is 12.5. The van der Waals surface area contributed by atoms with Gasteiger partial charge in [0, 0.05) is 24.7 Å². The first-order valence-electron chi connectivity index (χ1n) is 7.83. The van der Waals surface area contributed by atoms with E-state index in [4.69, 9.17) is 5.73 Å². The fourth-order valence-electron chi connectivity index (χ4n) is 2.83. The maximum Gasteiger partial charge on any atom is 0.573 e. The average Bonchev–Trinajstić information content (AvgIpc) is 2.99. The van der Waals surface area contributed by atoms with Crippen LogP contribution >= 0.6 is 0 Å². The molecule has 0 aliphatic carbocycles. The third kappa shape index (κ3) is 4.30. The van der Waals surface area contributed by atoms with Gasteiger partial charge in [-0.05, 0) is 41.8 Å². The number of carbonyl (C=O) groups excluding carboxylic acids is 1. The average molecular weight is 350 g/mol. The lowest BCUT2D eigenvalue weighted by atomic mass is 10.0. The van der Waals surface area contributed by atoms with Crippen molar-refractivity contribution < 1.29 is 22.7 Å². The van der Waals surface area contributed by atoms with Gasteiger partial charge in [-0.3, -0.25) is 4.79 Å². The zero-order chi connectivity index (χ0) is 18.0. The highest BCUT2D eigenvalue weighted by Gasteiger charge is 2.31. The molecule has 1 aliphatic rings. The van der Waals surface area contributed by atoms with Crippen molar-refractivity contribution in [2.45, 2.75) is 18.8 Å². The normalized spacial score (nSPS) is 17.6. The summed E-state index contributed by atoms with van der Waals surface area (Å²) in [6.07, 6.45) is -3.94. The molecule has 2 aromatic carbocycles. The molecule has 25 heavy (non-hydrogen) atoms. The number of amides is 1. The lowest BCUT2D eigenvalue weighted by Crippen LogP contribution is -2.31. The van der Waals surface area contributed by atoms with Crippen molar-refractivity contribution in [3.8, 4) is 16.9 Å². The molecule has 1 aliphatic heterocycles. The number of alkyl halides is 3.